The zero-order chi connectivity index (χ0) is 31.3. The van der Waals surface area contributed by atoms with Crippen LogP contribution in [0.1, 0.15) is 16.7 Å². The molecule has 0 saturated heterocycles. The second kappa shape index (κ2) is 10.0. The average Bonchev–Trinajstić information content (AvgIpc) is 2.81. The highest BCUT2D eigenvalue weighted by molar-refractivity contribution is 7.86. The number of hydrogen-bond donors (Lipinski definition) is 0. The molecule has 0 saturated carbocycles. The second-order valence-electron chi connectivity index (χ2n) is 8.00. The molecule has 0 amide bonds. The van der Waals surface area contributed by atoms with Crippen molar-refractivity contribution in [3.05, 3.63) is 69.3 Å². The molecule has 0 aliphatic carbocycles. The molecular weight excluding hydrogens is 613 g/mol. The van der Waals surface area contributed by atoms with Crippen molar-refractivity contribution in [2.75, 3.05) is 0 Å². The molecule has 0 unspecified atom stereocenters. The minimum Gasteiger partial charge on any atom is -0.261 e. The Morgan fingerprint density at radius 2 is 1.23 bits per heavy atom. The van der Waals surface area contributed by atoms with Gasteiger partial charge in [0.05, 0.1) is 22.0 Å². The topological polar surface area (TPSA) is 86.5 Å². The van der Waals surface area contributed by atoms with Gasteiger partial charge in [0.1, 0.15) is 0 Å². The van der Waals surface area contributed by atoms with Crippen molar-refractivity contribution in [1.29, 1.82) is 0 Å². The van der Waals surface area contributed by atoms with E-state index in [1.807, 2.05) is 0 Å². The van der Waals surface area contributed by atoms with Crippen LogP contribution in [0.2, 0.25) is 0 Å². The van der Waals surface area contributed by atoms with Gasteiger partial charge in [-0.05, 0) is 25.1 Å². The molecule has 0 bridgehead atoms. The number of hydrogen-bond acceptors (Lipinski definition) is 5. The van der Waals surface area contributed by atoms with Crippen LogP contribution in [0, 0.1) is 17.0 Å². The lowest BCUT2D eigenvalue weighted by molar-refractivity contribution is -0.441. The normalized spacial score (nSPS) is 14.3. The van der Waals surface area contributed by atoms with Gasteiger partial charge < -0.3 is 0 Å². The molecule has 224 valence electrons. The summed E-state index contributed by atoms with van der Waals surface area (Å²) in [4.78, 5) is 9.12. The van der Waals surface area contributed by atoms with Crippen molar-refractivity contribution in [2.24, 2.45) is 0 Å². The van der Waals surface area contributed by atoms with Crippen molar-refractivity contribution in [3.8, 4) is 0 Å². The van der Waals surface area contributed by atoms with Crippen LogP contribution in [-0.2, 0) is 26.8 Å². The molecular formula is C20H12F13NO5S. The summed E-state index contributed by atoms with van der Waals surface area (Å²) in [5.41, 5.74) is -4.69. The van der Waals surface area contributed by atoms with Gasteiger partial charge in [-0.1, -0.05) is 23.8 Å². The third kappa shape index (κ3) is 5.29. The number of aryl methyl sites for hydroxylation is 1. The number of nitro benzene ring substituents is 1. The monoisotopic (exact) mass is 625 g/mol. The molecule has 2 rings (SSSR count). The maximum atomic E-state index is 14.4. The first-order valence-corrected chi connectivity index (χ1v) is 11.4. The van der Waals surface area contributed by atoms with E-state index in [-0.39, 0.29) is 12.1 Å². The van der Waals surface area contributed by atoms with E-state index in [2.05, 4.69) is 4.18 Å². The Hall–Kier alpha value is -3.16. The van der Waals surface area contributed by atoms with E-state index >= 15 is 0 Å². The molecule has 0 spiro atoms. The number of benzene rings is 2. The van der Waals surface area contributed by atoms with Crippen LogP contribution in [0.5, 0.6) is 0 Å². The molecule has 2 aromatic rings. The number of nitrogens with zero attached hydrogens (tertiary/aromatic N) is 1. The molecule has 0 radical (unpaired) electrons. The van der Waals surface area contributed by atoms with Crippen LogP contribution >= 0.6 is 0 Å². The van der Waals surface area contributed by atoms with Gasteiger partial charge in [0.2, 0.25) is 0 Å². The second-order valence-corrected chi connectivity index (χ2v) is 9.62. The van der Waals surface area contributed by atoms with E-state index in [1.165, 1.54) is 12.1 Å². The largest absolute Gasteiger partial charge is 0.460 e. The SMILES string of the molecule is Cc1ccc(S(=O)(=O)OCc2ccc(C(F)(F)C(F)(F)C(F)(F)C(F)(F)C(F)(F)C(F)(F)F)cc2[N+](=O)[O-])cc1. The summed E-state index contributed by atoms with van der Waals surface area (Å²) in [5.74, 6) is -38.6. The van der Waals surface area contributed by atoms with E-state index < -0.39 is 85.2 Å². The Morgan fingerprint density at radius 1 is 0.750 bits per heavy atom. The smallest absolute Gasteiger partial charge is 0.261 e. The molecule has 2 aromatic carbocycles. The number of alkyl halides is 13. The maximum Gasteiger partial charge on any atom is 0.460 e. The summed E-state index contributed by atoms with van der Waals surface area (Å²) in [6.45, 7) is 0.223. The van der Waals surface area contributed by atoms with Crippen LogP contribution in [0.25, 0.3) is 0 Å². The Morgan fingerprint density at radius 3 is 1.68 bits per heavy atom. The lowest BCUT2D eigenvalue weighted by atomic mass is 9.90. The van der Waals surface area contributed by atoms with Crippen molar-refractivity contribution >= 4 is 15.8 Å². The van der Waals surface area contributed by atoms with E-state index in [0.717, 1.165) is 12.1 Å². The number of nitro groups is 1. The maximum absolute atomic E-state index is 14.4. The van der Waals surface area contributed by atoms with Crippen LogP contribution in [0.15, 0.2) is 47.4 Å². The van der Waals surface area contributed by atoms with Crippen LogP contribution in [-0.4, -0.2) is 43.2 Å². The molecule has 0 N–H and O–H groups in total. The van der Waals surface area contributed by atoms with E-state index in [4.69, 9.17) is 0 Å². The first kappa shape index (κ1) is 33.0. The van der Waals surface area contributed by atoms with Crippen molar-refractivity contribution in [2.45, 2.75) is 54.2 Å². The summed E-state index contributed by atoms with van der Waals surface area (Å²) >= 11 is 0. The summed E-state index contributed by atoms with van der Waals surface area (Å²) in [7, 11) is -4.68. The summed E-state index contributed by atoms with van der Waals surface area (Å²) in [5, 5.41) is 11.3. The molecule has 0 aromatic heterocycles. The van der Waals surface area contributed by atoms with Gasteiger partial charge >= 0.3 is 35.8 Å². The van der Waals surface area contributed by atoms with Gasteiger partial charge in [-0.2, -0.15) is 65.5 Å². The highest BCUT2D eigenvalue weighted by atomic mass is 32.2. The van der Waals surface area contributed by atoms with Crippen molar-refractivity contribution in [1.82, 2.24) is 0 Å². The fraction of sp³-hybridized carbons (Fsp3) is 0.400. The molecule has 20 heteroatoms. The lowest BCUT2D eigenvalue weighted by Gasteiger charge is -2.39. The van der Waals surface area contributed by atoms with Gasteiger partial charge in [-0.15, -0.1) is 0 Å². The summed E-state index contributed by atoms with van der Waals surface area (Å²) in [6.07, 6.45) is -7.59. The fourth-order valence-electron chi connectivity index (χ4n) is 2.92. The highest BCUT2D eigenvalue weighted by Gasteiger charge is 2.90. The van der Waals surface area contributed by atoms with Gasteiger partial charge in [-0.25, -0.2) is 0 Å². The summed E-state index contributed by atoms with van der Waals surface area (Å²) < 4.78 is 203. The van der Waals surface area contributed by atoms with E-state index in [0.29, 0.717) is 5.56 Å². The standard InChI is InChI=1S/C20H12F13NO5S/c1-10-2-6-13(7-3-10)40(37,38)39-9-11-4-5-12(8-14(11)34(35)36)15(21,22)16(23,24)17(25,26)18(27,28)19(29,30)20(31,32)33/h2-8H,9H2,1H3. The first-order chi connectivity index (χ1) is 17.8. The quantitative estimate of drug-likeness (QED) is 0.123. The number of halogens is 13. The Balaban J connectivity index is 2.53. The third-order valence-electron chi connectivity index (χ3n) is 5.26. The zero-order valence-corrected chi connectivity index (χ0v) is 19.9. The third-order valence-corrected chi connectivity index (χ3v) is 6.53. The van der Waals surface area contributed by atoms with Gasteiger partial charge in [-0.3, -0.25) is 14.3 Å². The molecule has 0 aliphatic rings. The van der Waals surface area contributed by atoms with E-state index in [9.17, 15) is 75.6 Å². The van der Waals surface area contributed by atoms with Gasteiger partial charge in [0.15, 0.2) is 0 Å². The van der Waals surface area contributed by atoms with Gasteiger partial charge in [0.25, 0.3) is 15.8 Å². The summed E-state index contributed by atoms with van der Waals surface area (Å²) in [6, 6.07) is 3.77. The predicted molar refractivity (Wildman–Crippen MR) is 106 cm³/mol. The highest BCUT2D eigenvalue weighted by Crippen LogP contribution is 2.62. The fourth-order valence-corrected chi connectivity index (χ4v) is 3.80. The van der Waals surface area contributed by atoms with Crippen molar-refractivity contribution < 1.29 is 74.6 Å². The minimum atomic E-state index is -8.14. The minimum absolute atomic E-state index is 0.0583. The first-order valence-electron chi connectivity index (χ1n) is 9.95. The molecule has 0 aliphatic heterocycles. The molecule has 40 heavy (non-hydrogen) atoms. The molecule has 0 atom stereocenters. The Labute approximate surface area is 214 Å². The Kier molecular flexibility index (Phi) is 8.29. The molecule has 6 nitrogen and oxygen atoms in total. The molecule has 0 fully saturated rings. The predicted octanol–water partition coefficient (Wildman–Crippen LogP) is 7.00. The molecule has 0 heterocycles. The van der Waals surface area contributed by atoms with Crippen LogP contribution in [0.3, 0.4) is 0 Å². The van der Waals surface area contributed by atoms with Crippen LogP contribution in [0.4, 0.5) is 62.8 Å². The lowest BCUT2D eigenvalue weighted by Crippen LogP contribution is -2.69. The zero-order valence-electron chi connectivity index (χ0n) is 19.1. The van der Waals surface area contributed by atoms with Gasteiger partial charge in [0, 0.05) is 11.6 Å². The van der Waals surface area contributed by atoms with Crippen LogP contribution < -0.4 is 0 Å². The number of rotatable bonds is 10. The van der Waals surface area contributed by atoms with E-state index in [1.54, 1.807) is 6.92 Å². The van der Waals surface area contributed by atoms with Crippen molar-refractivity contribution in [3.63, 3.8) is 0 Å². The Bertz CT molecular complexity index is 1370. The average molecular weight is 625 g/mol.